The Morgan fingerprint density at radius 2 is 1.80 bits per heavy atom. The van der Waals surface area contributed by atoms with Crippen LogP contribution in [0.1, 0.15) is 58.8 Å². The van der Waals surface area contributed by atoms with Crippen molar-refractivity contribution < 1.29 is 4.74 Å². The van der Waals surface area contributed by atoms with Crippen LogP contribution in [-0.2, 0) is 4.74 Å². The summed E-state index contributed by atoms with van der Waals surface area (Å²) in [6.07, 6.45) is 8.60. The largest absolute Gasteiger partial charge is 0.381 e. The van der Waals surface area contributed by atoms with Crippen LogP contribution in [0.15, 0.2) is 4.99 Å². The third kappa shape index (κ3) is 8.91. The highest BCUT2D eigenvalue weighted by Crippen LogP contribution is 2.25. The van der Waals surface area contributed by atoms with E-state index in [2.05, 4.69) is 48.5 Å². The van der Waals surface area contributed by atoms with Crippen LogP contribution in [0.4, 0.5) is 0 Å². The normalized spacial score (nSPS) is 18.6. The fraction of sp³-hybridized carbons (Fsp3) is 0.947. The minimum Gasteiger partial charge on any atom is -0.381 e. The highest BCUT2D eigenvalue weighted by Gasteiger charge is 2.34. The van der Waals surface area contributed by atoms with E-state index in [9.17, 15) is 0 Å². The number of aliphatic imine (C=N–C) groups is 1. The van der Waals surface area contributed by atoms with Crippen molar-refractivity contribution in [2.24, 2.45) is 10.9 Å². The standard InChI is InChI=1S/C19H40N4O.HI/c1-6-8-10-17(9-7-2)15-21-18(20-3)22-16-19(23(4)5)11-13-24-14-12-19;/h17H,6-16H2,1-5H3,(H2,20,21,22);1H. The number of rotatable bonds is 10. The Hall–Kier alpha value is -0.0800. The second-order valence-corrected chi connectivity index (χ2v) is 7.33. The molecule has 6 heteroatoms. The molecule has 25 heavy (non-hydrogen) atoms. The molecule has 1 saturated heterocycles. The maximum atomic E-state index is 5.55. The van der Waals surface area contributed by atoms with Gasteiger partial charge in [-0.25, -0.2) is 0 Å². The van der Waals surface area contributed by atoms with E-state index in [1.165, 1.54) is 32.1 Å². The Labute approximate surface area is 172 Å². The van der Waals surface area contributed by atoms with E-state index in [4.69, 9.17) is 4.74 Å². The van der Waals surface area contributed by atoms with Gasteiger partial charge in [-0.1, -0.05) is 33.1 Å². The number of nitrogens with one attached hydrogen (secondary N) is 2. The van der Waals surface area contributed by atoms with E-state index < -0.39 is 0 Å². The minimum absolute atomic E-state index is 0. The Bertz CT molecular complexity index is 357. The zero-order valence-corrected chi connectivity index (χ0v) is 19.4. The molecule has 1 rings (SSSR count). The summed E-state index contributed by atoms with van der Waals surface area (Å²) in [5, 5.41) is 7.10. The number of unbranched alkanes of at least 4 members (excludes halogenated alkanes) is 1. The number of halogens is 1. The lowest BCUT2D eigenvalue weighted by molar-refractivity contribution is -0.00501. The monoisotopic (exact) mass is 468 g/mol. The van der Waals surface area contributed by atoms with Crippen LogP contribution >= 0.6 is 24.0 Å². The molecular formula is C19H41IN4O. The highest BCUT2D eigenvalue weighted by atomic mass is 127. The maximum absolute atomic E-state index is 5.55. The van der Waals surface area contributed by atoms with E-state index in [-0.39, 0.29) is 29.5 Å². The smallest absolute Gasteiger partial charge is 0.191 e. The highest BCUT2D eigenvalue weighted by molar-refractivity contribution is 14.0. The molecule has 1 aliphatic heterocycles. The van der Waals surface area contributed by atoms with Crippen LogP contribution in [0.3, 0.4) is 0 Å². The zero-order valence-electron chi connectivity index (χ0n) is 17.1. The fourth-order valence-electron chi connectivity index (χ4n) is 3.49. The first-order chi connectivity index (χ1) is 11.6. The van der Waals surface area contributed by atoms with Gasteiger partial charge >= 0.3 is 0 Å². The van der Waals surface area contributed by atoms with Crippen molar-refractivity contribution in [1.82, 2.24) is 15.5 Å². The number of hydrogen-bond donors (Lipinski definition) is 2. The SMILES string of the molecule is CCCCC(CCC)CNC(=NC)NCC1(N(C)C)CCOCC1.I. The molecule has 0 amide bonds. The molecule has 0 bridgehead atoms. The summed E-state index contributed by atoms with van der Waals surface area (Å²) in [6, 6.07) is 0. The van der Waals surface area contributed by atoms with Gasteiger partial charge in [-0.3, -0.25) is 4.99 Å². The number of ether oxygens (including phenoxy) is 1. The topological polar surface area (TPSA) is 48.9 Å². The molecule has 1 fully saturated rings. The first kappa shape index (κ1) is 24.9. The lowest BCUT2D eigenvalue weighted by Gasteiger charge is -2.43. The predicted molar refractivity (Wildman–Crippen MR) is 119 cm³/mol. The lowest BCUT2D eigenvalue weighted by Crippen LogP contribution is -2.57. The zero-order chi connectivity index (χ0) is 17.8. The van der Waals surface area contributed by atoms with Gasteiger partial charge in [0.15, 0.2) is 5.96 Å². The van der Waals surface area contributed by atoms with Gasteiger partial charge in [-0.05, 0) is 45.7 Å². The summed E-state index contributed by atoms with van der Waals surface area (Å²) in [4.78, 5) is 6.76. The second-order valence-electron chi connectivity index (χ2n) is 7.33. The fourth-order valence-corrected chi connectivity index (χ4v) is 3.49. The van der Waals surface area contributed by atoms with Crippen molar-refractivity contribution >= 4 is 29.9 Å². The molecule has 0 aromatic carbocycles. The summed E-state index contributed by atoms with van der Waals surface area (Å²) in [7, 11) is 6.21. The molecule has 0 spiro atoms. The molecule has 0 aromatic heterocycles. The van der Waals surface area contributed by atoms with Crippen molar-refractivity contribution in [1.29, 1.82) is 0 Å². The Morgan fingerprint density at radius 3 is 2.32 bits per heavy atom. The first-order valence-corrected chi connectivity index (χ1v) is 9.77. The predicted octanol–water partition coefficient (Wildman–Crippen LogP) is 3.49. The van der Waals surface area contributed by atoms with E-state index in [0.29, 0.717) is 0 Å². The average Bonchev–Trinajstić information content (AvgIpc) is 2.60. The van der Waals surface area contributed by atoms with Crippen molar-refractivity contribution in [3.05, 3.63) is 0 Å². The molecule has 5 nitrogen and oxygen atoms in total. The third-order valence-electron chi connectivity index (χ3n) is 5.40. The molecule has 150 valence electrons. The van der Waals surface area contributed by atoms with Gasteiger partial charge in [-0.15, -0.1) is 24.0 Å². The first-order valence-electron chi connectivity index (χ1n) is 9.77. The van der Waals surface area contributed by atoms with Crippen LogP contribution in [0.2, 0.25) is 0 Å². The van der Waals surface area contributed by atoms with Crippen LogP contribution in [0, 0.1) is 5.92 Å². The number of nitrogens with zero attached hydrogens (tertiary/aromatic N) is 2. The number of likely N-dealkylation sites (N-methyl/N-ethyl adjacent to an activating group) is 1. The Balaban J connectivity index is 0.00000576. The minimum atomic E-state index is 0. The molecular weight excluding hydrogens is 427 g/mol. The number of guanidine groups is 1. The van der Waals surface area contributed by atoms with Crippen LogP contribution < -0.4 is 10.6 Å². The van der Waals surface area contributed by atoms with Crippen molar-refractivity contribution in [2.45, 2.75) is 64.3 Å². The second kappa shape index (κ2) is 14.0. The van der Waals surface area contributed by atoms with Gasteiger partial charge < -0.3 is 20.3 Å². The van der Waals surface area contributed by atoms with E-state index in [1.807, 2.05) is 7.05 Å². The van der Waals surface area contributed by atoms with Crippen molar-refractivity contribution in [2.75, 3.05) is 47.4 Å². The molecule has 1 atom stereocenters. The molecule has 2 N–H and O–H groups in total. The quantitative estimate of drug-likeness (QED) is 0.293. The third-order valence-corrected chi connectivity index (χ3v) is 5.40. The van der Waals surface area contributed by atoms with Gasteiger partial charge in [0.25, 0.3) is 0 Å². The van der Waals surface area contributed by atoms with Crippen molar-refractivity contribution in [3.8, 4) is 0 Å². The van der Waals surface area contributed by atoms with Crippen LogP contribution in [-0.4, -0.2) is 63.8 Å². The molecule has 0 saturated carbocycles. The average molecular weight is 468 g/mol. The summed E-state index contributed by atoms with van der Waals surface area (Å²) in [5.74, 6) is 1.68. The van der Waals surface area contributed by atoms with Crippen molar-refractivity contribution in [3.63, 3.8) is 0 Å². The molecule has 1 heterocycles. The van der Waals surface area contributed by atoms with E-state index in [1.54, 1.807) is 0 Å². The summed E-state index contributed by atoms with van der Waals surface area (Å²) >= 11 is 0. The van der Waals surface area contributed by atoms with E-state index in [0.717, 1.165) is 51.0 Å². The Kier molecular flexibility index (Phi) is 14.0. The molecule has 0 aromatic rings. The summed E-state index contributed by atoms with van der Waals surface area (Å²) < 4.78 is 5.55. The van der Waals surface area contributed by atoms with Gasteiger partial charge in [-0.2, -0.15) is 0 Å². The van der Waals surface area contributed by atoms with Gasteiger partial charge in [0.05, 0.1) is 0 Å². The Morgan fingerprint density at radius 1 is 1.12 bits per heavy atom. The molecule has 0 aliphatic carbocycles. The summed E-state index contributed by atoms with van der Waals surface area (Å²) in [5.41, 5.74) is 0.168. The molecule has 1 unspecified atom stereocenters. The van der Waals surface area contributed by atoms with Crippen LogP contribution in [0.25, 0.3) is 0 Å². The summed E-state index contributed by atoms with van der Waals surface area (Å²) in [6.45, 7) is 8.18. The van der Waals surface area contributed by atoms with E-state index >= 15 is 0 Å². The van der Waals surface area contributed by atoms with Gasteiger partial charge in [0.2, 0.25) is 0 Å². The molecule has 0 radical (unpaired) electrons. The lowest BCUT2D eigenvalue weighted by atomic mass is 9.88. The number of hydrogen-bond acceptors (Lipinski definition) is 3. The molecule has 1 aliphatic rings. The van der Waals surface area contributed by atoms with Gasteiger partial charge in [0, 0.05) is 38.9 Å². The van der Waals surface area contributed by atoms with Gasteiger partial charge in [0.1, 0.15) is 0 Å². The van der Waals surface area contributed by atoms with Crippen LogP contribution in [0.5, 0.6) is 0 Å². The maximum Gasteiger partial charge on any atom is 0.191 e.